The zero-order valence-electron chi connectivity index (χ0n) is 17.2. The van der Waals surface area contributed by atoms with E-state index in [0.717, 1.165) is 35.8 Å². The molecule has 0 unspecified atom stereocenters. The molecule has 1 heterocycles. The third-order valence-electron chi connectivity index (χ3n) is 5.18. The molecule has 1 fully saturated rings. The Hall–Kier alpha value is -2.09. The Morgan fingerprint density at radius 2 is 1.67 bits per heavy atom. The van der Waals surface area contributed by atoms with Gasteiger partial charge < -0.3 is 5.32 Å². The van der Waals surface area contributed by atoms with Crippen LogP contribution in [-0.2, 0) is 27.9 Å². The SMILES string of the molecule is CS(=O)(=O)N(CC(=O)NCc1ccc(CN2CCCCC2)cc1)c1ccccc1Cl. The van der Waals surface area contributed by atoms with Crippen LogP contribution in [0.3, 0.4) is 0 Å². The van der Waals surface area contributed by atoms with Crippen LogP contribution >= 0.6 is 11.6 Å². The molecule has 0 saturated carbocycles. The van der Waals surface area contributed by atoms with Gasteiger partial charge in [0.05, 0.1) is 17.0 Å². The minimum atomic E-state index is -3.65. The van der Waals surface area contributed by atoms with E-state index in [9.17, 15) is 13.2 Å². The van der Waals surface area contributed by atoms with E-state index in [0.29, 0.717) is 12.2 Å². The highest BCUT2D eigenvalue weighted by Crippen LogP contribution is 2.26. The Balaban J connectivity index is 1.56. The number of nitrogens with one attached hydrogen (secondary N) is 1. The minimum Gasteiger partial charge on any atom is -0.350 e. The van der Waals surface area contributed by atoms with E-state index in [1.165, 1.54) is 24.8 Å². The summed E-state index contributed by atoms with van der Waals surface area (Å²) in [6.07, 6.45) is 4.92. The maximum absolute atomic E-state index is 12.4. The number of carbonyl (C=O) groups excluding carboxylic acids is 1. The number of rotatable bonds is 8. The molecule has 1 N–H and O–H groups in total. The van der Waals surface area contributed by atoms with Gasteiger partial charge in [-0.15, -0.1) is 0 Å². The first-order valence-electron chi connectivity index (χ1n) is 10.1. The number of sulfonamides is 1. The van der Waals surface area contributed by atoms with Crippen LogP contribution in [0.4, 0.5) is 5.69 Å². The summed E-state index contributed by atoms with van der Waals surface area (Å²) < 4.78 is 25.4. The zero-order chi connectivity index (χ0) is 21.6. The molecule has 2 aromatic rings. The molecule has 1 amide bonds. The quantitative estimate of drug-likeness (QED) is 0.670. The highest BCUT2D eigenvalue weighted by molar-refractivity contribution is 7.92. The van der Waals surface area contributed by atoms with Crippen molar-refractivity contribution in [2.24, 2.45) is 0 Å². The summed E-state index contributed by atoms with van der Waals surface area (Å²) in [5.41, 5.74) is 2.52. The van der Waals surface area contributed by atoms with E-state index in [4.69, 9.17) is 11.6 Å². The first-order valence-corrected chi connectivity index (χ1v) is 12.3. The summed E-state index contributed by atoms with van der Waals surface area (Å²) in [6, 6.07) is 14.7. The molecule has 8 heteroatoms. The van der Waals surface area contributed by atoms with Crippen molar-refractivity contribution in [3.63, 3.8) is 0 Å². The van der Waals surface area contributed by atoms with Gasteiger partial charge in [-0.1, -0.05) is 54.4 Å². The van der Waals surface area contributed by atoms with Gasteiger partial charge in [0.15, 0.2) is 0 Å². The van der Waals surface area contributed by atoms with Crippen molar-refractivity contribution in [3.8, 4) is 0 Å². The Kier molecular flexibility index (Phi) is 7.75. The van der Waals surface area contributed by atoms with Gasteiger partial charge in [0.25, 0.3) is 0 Å². The summed E-state index contributed by atoms with van der Waals surface area (Å²) in [5.74, 6) is -0.391. The van der Waals surface area contributed by atoms with Gasteiger partial charge in [0, 0.05) is 13.1 Å². The van der Waals surface area contributed by atoms with Crippen LogP contribution in [0.15, 0.2) is 48.5 Å². The van der Waals surface area contributed by atoms with Gasteiger partial charge in [-0.05, 0) is 49.2 Å². The van der Waals surface area contributed by atoms with Gasteiger partial charge in [0.2, 0.25) is 15.9 Å². The molecule has 2 aromatic carbocycles. The third-order valence-corrected chi connectivity index (χ3v) is 6.62. The molecule has 1 aliphatic heterocycles. The average molecular weight is 450 g/mol. The first-order chi connectivity index (χ1) is 14.3. The second kappa shape index (κ2) is 10.3. The number of hydrogen-bond donors (Lipinski definition) is 1. The average Bonchev–Trinajstić information content (AvgIpc) is 2.72. The molecule has 6 nitrogen and oxygen atoms in total. The minimum absolute atomic E-state index is 0.278. The van der Waals surface area contributed by atoms with Crippen molar-refractivity contribution in [3.05, 3.63) is 64.7 Å². The summed E-state index contributed by atoms with van der Waals surface area (Å²) in [5, 5.41) is 3.07. The van der Waals surface area contributed by atoms with E-state index in [2.05, 4.69) is 22.3 Å². The normalized spacial score (nSPS) is 15.0. The Morgan fingerprint density at radius 1 is 1.03 bits per heavy atom. The topological polar surface area (TPSA) is 69.7 Å². The fraction of sp³-hybridized carbons (Fsp3) is 0.409. The lowest BCUT2D eigenvalue weighted by Gasteiger charge is -2.26. The molecule has 0 atom stereocenters. The van der Waals surface area contributed by atoms with Crippen molar-refractivity contribution in [1.29, 1.82) is 0 Å². The van der Waals surface area contributed by atoms with Crippen LogP contribution in [-0.4, -0.2) is 45.1 Å². The summed E-state index contributed by atoms with van der Waals surface area (Å²) >= 11 is 6.12. The second-order valence-corrected chi connectivity index (χ2v) is 9.97. The maximum atomic E-state index is 12.4. The van der Waals surface area contributed by atoms with Crippen molar-refractivity contribution in [1.82, 2.24) is 10.2 Å². The van der Waals surface area contributed by atoms with E-state index in [-0.39, 0.29) is 11.6 Å². The first kappa shape index (κ1) is 22.6. The lowest BCUT2D eigenvalue weighted by atomic mass is 10.1. The maximum Gasteiger partial charge on any atom is 0.241 e. The number of hydrogen-bond acceptors (Lipinski definition) is 4. The fourth-order valence-electron chi connectivity index (χ4n) is 3.56. The monoisotopic (exact) mass is 449 g/mol. The number of benzene rings is 2. The molecular weight excluding hydrogens is 422 g/mol. The second-order valence-electron chi connectivity index (χ2n) is 7.65. The van der Waals surface area contributed by atoms with Crippen molar-refractivity contribution < 1.29 is 13.2 Å². The largest absolute Gasteiger partial charge is 0.350 e. The predicted octanol–water partition coefficient (Wildman–Crippen LogP) is 3.41. The molecule has 30 heavy (non-hydrogen) atoms. The van der Waals surface area contributed by atoms with E-state index in [1.807, 2.05) is 12.1 Å². The number of carbonyl (C=O) groups is 1. The number of likely N-dealkylation sites (tertiary alicyclic amines) is 1. The molecule has 0 spiro atoms. The van der Waals surface area contributed by atoms with Gasteiger partial charge >= 0.3 is 0 Å². The smallest absolute Gasteiger partial charge is 0.241 e. The van der Waals surface area contributed by atoms with Crippen LogP contribution in [0.1, 0.15) is 30.4 Å². The highest BCUT2D eigenvalue weighted by atomic mass is 35.5. The molecule has 0 aliphatic carbocycles. The summed E-state index contributed by atoms with van der Waals surface area (Å²) in [6.45, 7) is 3.27. The van der Waals surface area contributed by atoms with Crippen molar-refractivity contribution in [2.75, 3.05) is 30.2 Å². The number of amides is 1. The number of anilines is 1. The molecule has 0 radical (unpaired) electrons. The van der Waals surface area contributed by atoms with Crippen LogP contribution in [0, 0.1) is 0 Å². The van der Waals surface area contributed by atoms with Crippen LogP contribution in [0.25, 0.3) is 0 Å². The van der Waals surface area contributed by atoms with Crippen LogP contribution in [0.5, 0.6) is 0 Å². The van der Waals surface area contributed by atoms with Gasteiger partial charge in [-0.2, -0.15) is 0 Å². The molecule has 1 saturated heterocycles. The molecule has 3 rings (SSSR count). The lowest BCUT2D eigenvalue weighted by molar-refractivity contribution is -0.119. The summed E-state index contributed by atoms with van der Waals surface area (Å²) in [7, 11) is -3.65. The zero-order valence-corrected chi connectivity index (χ0v) is 18.8. The van der Waals surface area contributed by atoms with Crippen molar-refractivity contribution in [2.45, 2.75) is 32.4 Å². The van der Waals surface area contributed by atoms with Gasteiger partial charge in [-0.3, -0.25) is 14.0 Å². The lowest BCUT2D eigenvalue weighted by Crippen LogP contribution is -2.40. The Bertz CT molecular complexity index is 958. The molecule has 1 aliphatic rings. The van der Waals surface area contributed by atoms with E-state index in [1.54, 1.807) is 24.3 Å². The van der Waals surface area contributed by atoms with Gasteiger partial charge in [-0.25, -0.2) is 8.42 Å². The van der Waals surface area contributed by atoms with Gasteiger partial charge in [0.1, 0.15) is 6.54 Å². The molecule has 0 aromatic heterocycles. The standard InChI is InChI=1S/C22H28ClN3O3S/c1-30(28,29)26(21-8-4-3-7-20(21)23)17-22(27)24-15-18-9-11-19(12-10-18)16-25-13-5-2-6-14-25/h3-4,7-12H,2,5-6,13-17H2,1H3,(H,24,27). The Morgan fingerprint density at radius 3 is 2.30 bits per heavy atom. The number of halogens is 1. The number of para-hydroxylation sites is 1. The van der Waals surface area contributed by atoms with Crippen LogP contribution < -0.4 is 9.62 Å². The van der Waals surface area contributed by atoms with E-state index < -0.39 is 15.9 Å². The third kappa shape index (κ3) is 6.45. The van der Waals surface area contributed by atoms with E-state index >= 15 is 0 Å². The molecule has 162 valence electrons. The number of piperidine rings is 1. The van der Waals surface area contributed by atoms with Crippen molar-refractivity contribution >= 4 is 33.2 Å². The molecular formula is C22H28ClN3O3S. The number of nitrogens with zero attached hydrogens (tertiary/aromatic N) is 2. The summed E-state index contributed by atoms with van der Waals surface area (Å²) in [4.78, 5) is 14.9. The highest BCUT2D eigenvalue weighted by Gasteiger charge is 2.22. The van der Waals surface area contributed by atoms with Crippen LogP contribution in [0.2, 0.25) is 5.02 Å². The Labute approximate surface area is 183 Å². The molecule has 0 bridgehead atoms. The predicted molar refractivity (Wildman–Crippen MR) is 121 cm³/mol. The fourth-order valence-corrected chi connectivity index (χ4v) is 4.72.